The van der Waals surface area contributed by atoms with Crippen LogP contribution in [0.25, 0.3) is 22.2 Å². The molecule has 5 heteroatoms. The second-order valence-electron chi connectivity index (χ2n) is 6.00. The van der Waals surface area contributed by atoms with Crippen LogP contribution >= 0.6 is 0 Å². The average Bonchev–Trinajstić information content (AvgIpc) is 3.04. The summed E-state index contributed by atoms with van der Waals surface area (Å²) in [6, 6.07) is 18.7. The summed E-state index contributed by atoms with van der Waals surface area (Å²) >= 11 is 0. The van der Waals surface area contributed by atoms with Crippen molar-refractivity contribution in [2.75, 3.05) is 0 Å². The molecule has 4 rings (SSSR count). The number of fused-ring (bicyclic) bond motifs is 1. The summed E-state index contributed by atoms with van der Waals surface area (Å²) in [5, 5.41) is 4.82. The maximum atomic E-state index is 12.9. The first-order valence-corrected chi connectivity index (χ1v) is 8.24. The third-order valence-electron chi connectivity index (χ3n) is 4.12. The molecule has 0 aliphatic carbocycles. The number of carbonyl (C=O) groups is 1. The molecule has 0 unspecified atom stereocenters. The van der Waals surface area contributed by atoms with Gasteiger partial charge in [-0.3, -0.25) is 4.98 Å². The number of pyridine rings is 1. The van der Waals surface area contributed by atoms with Crippen molar-refractivity contribution >= 4 is 16.9 Å². The summed E-state index contributed by atoms with van der Waals surface area (Å²) < 4.78 is 11.0. The first-order valence-electron chi connectivity index (χ1n) is 8.24. The summed E-state index contributed by atoms with van der Waals surface area (Å²) in [7, 11) is 0. The molecule has 0 N–H and O–H groups in total. The zero-order valence-electron chi connectivity index (χ0n) is 14.4. The molecule has 0 spiro atoms. The molecule has 128 valence electrons. The van der Waals surface area contributed by atoms with Gasteiger partial charge in [-0.15, -0.1) is 0 Å². The Bertz CT molecular complexity index is 1100. The van der Waals surface area contributed by atoms with Crippen molar-refractivity contribution < 1.29 is 14.1 Å². The number of hydrogen-bond donors (Lipinski definition) is 0. The predicted molar refractivity (Wildman–Crippen MR) is 98.1 cm³/mol. The molecule has 0 atom stereocenters. The number of nitrogens with zero attached hydrogens (tertiary/aromatic N) is 2. The van der Waals surface area contributed by atoms with Gasteiger partial charge in [-0.2, -0.15) is 0 Å². The predicted octanol–water partition coefficient (Wildman–Crippen LogP) is 4.73. The van der Waals surface area contributed by atoms with Crippen LogP contribution in [0.5, 0.6) is 5.75 Å². The van der Waals surface area contributed by atoms with Crippen molar-refractivity contribution in [1.82, 2.24) is 10.1 Å². The van der Waals surface area contributed by atoms with E-state index in [9.17, 15) is 4.79 Å². The summed E-state index contributed by atoms with van der Waals surface area (Å²) in [5.74, 6) is 0.389. The van der Waals surface area contributed by atoms with Gasteiger partial charge in [-0.25, -0.2) is 4.79 Å². The lowest BCUT2D eigenvalue weighted by atomic mass is 10.1. The van der Waals surface area contributed by atoms with Crippen molar-refractivity contribution in [3.05, 3.63) is 77.7 Å². The van der Waals surface area contributed by atoms with E-state index in [1.807, 2.05) is 61.5 Å². The van der Waals surface area contributed by atoms with Gasteiger partial charge in [-0.05, 0) is 26.0 Å². The lowest BCUT2D eigenvalue weighted by Crippen LogP contribution is -2.11. The number of rotatable bonds is 3. The lowest BCUT2D eigenvalue weighted by molar-refractivity contribution is 0.0736. The Balaban J connectivity index is 1.76. The molecule has 0 radical (unpaired) electrons. The van der Waals surface area contributed by atoms with Crippen molar-refractivity contribution in [1.29, 1.82) is 0 Å². The molecule has 0 bridgehead atoms. The van der Waals surface area contributed by atoms with Crippen LogP contribution in [0, 0.1) is 13.8 Å². The summed E-state index contributed by atoms with van der Waals surface area (Å²) in [5.41, 5.74) is 3.16. The highest BCUT2D eigenvalue weighted by molar-refractivity contribution is 6.00. The molecule has 0 saturated heterocycles. The Labute approximate surface area is 150 Å². The first-order chi connectivity index (χ1) is 12.6. The number of esters is 1. The van der Waals surface area contributed by atoms with Gasteiger partial charge in [0.1, 0.15) is 22.8 Å². The van der Waals surface area contributed by atoms with Crippen molar-refractivity contribution in [2.45, 2.75) is 13.8 Å². The summed E-state index contributed by atoms with van der Waals surface area (Å²) in [4.78, 5) is 17.4. The highest BCUT2D eigenvalue weighted by atomic mass is 16.5. The number of carbonyl (C=O) groups excluding carboxylic acids is 1. The van der Waals surface area contributed by atoms with Crippen LogP contribution in [0.4, 0.5) is 0 Å². The number of ether oxygens (including phenoxy) is 1. The maximum Gasteiger partial charge on any atom is 0.349 e. The van der Waals surface area contributed by atoms with Crippen molar-refractivity contribution in [3.63, 3.8) is 0 Å². The Morgan fingerprint density at radius 2 is 1.73 bits per heavy atom. The number of aromatic nitrogens is 2. The van der Waals surface area contributed by atoms with E-state index < -0.39 is 5.97 Å². The number of benzene rings is 2. The van der Waals surface area contributed by atoms with E-state index in [0.717, 1.165) is 22.2 Å². The second kappa shape index (κ2) is 6.44. The molecule has 2 aromatic heterocycles. The van der Waals surface area contributed by atoms with Crippen LogP contribution in [0.2, 0.25) is 0 Å². The summed E-state index contributed by atoms with van der Waals surface area (Å²) in [6.07, 6.45) is 0. The third-order valence-corrected chi connectivity index (χ3v) is 4.12. The van der Waals surface area contributed by atoms with E-state index in [0.29, 0.717) is 22.8 Å². The minimum Gasteiger partial charge on any atom is -0.422 e. The molecule has 0 aliphatic heterocycles. The largest absolute Gasteiger partial charge is 0.422 e. The minimum absolute atomic E-state index is 0.328. The van der Waals surface area contributed by atoms with Gasteiger partial charge in [0.15, 0.2) is 0 Å². The normalized spacial score (nSPS) is 10.8. The molecule has 2 aromatic carbocycles. The fourth-order valence-electron chi connectivity index (χ4n) is 2.91. The Hall–Kier alpha value is -3.47. The molecule has 0 fully saturated rings. The smallest absolute Gasteiger partial charge is 0.349 e. The number of aryl methyl sites for hydroxylation is 2. The fraction of sp³-hybridized carbons (Fsp3) is 0.0952. The van der Waals surface area contributed by atoms with Crippen LogP contribution < -0.4 is 4.74 Å². The Morgan fingerprint density at radius 1 is 1.00 bits per heavy atom. The van der Waals surface area contributed by atoms with Gasteiger partial charge >= 0.3 is 5.97 Å². The number of para-hydroxylation sites is 1. The van der Waals surface area contributed by atoms with Crippen LogP contribution in [-0.2, 0) is 0 Å². The van der Waals surface area contributed by atoms with Gasteiger partial charge < -0.3 is 9.26 Å². The van der Waals surface area contributed by atoms with E-state index in [1.54, 1.807) is 13.0 Å². The SMILES string of the molecule is Cc1cc(OC(=O)c2c(-c3ccccc3)noc2C)c2ccccc2n1. The second-order valence-corrected chi connectivity index (χ2v) is 6.00. The van der Waals surface area contributed by atoms with Gasteiger partial charge in [0.2, 0.25) is 0 Å². The Morgan fingerprint density at radius 3 is 2.54 bits per heavy atom. The van der Waals surface area contributed by atoms with E-state index in [4.69, 9.17) is 9.26 Å². The first kappa shape index (κ1) is 16.0. The van der Waals surface area contributed by atoms with Crippen LogP contribution in [0.3, 0.4) is 0 Å². The van der Waals surface area contributed by atoms with Gasteiger partial charge in [0.25, 0.3) is 0 Å². The van der Waals surface area contributed by atoms with E-state index >= 15 is 0 Å². The topological polar surface area (TPSA) is 65.2 Å². The standard InChI is InChI=1S/C21H16N2O3/c1-13-12-18(16-10-6-7-11-17(16)22-13)25-21(24)19-14(2)26-23-20(19)15-8-4-3-5-9-15/h3-12H,1-2H3. The molecule has 0 saturated carbocycles. The molecule has 26 heavy (non-hydrogen) atoms. The highest BCUT2D eigenvalue weighted by Gasteiger charge is 2.24. The van der Waals surface area contributed by atoms with Crippen LogP contribution in [-0.4, -0.2) is 16.1 Å². The van der Waals surface area contributed by atoms with Crippen molar-refractivity contribution in [3.8, 4) is 17.0 Å². The van der Waals surface area contributed by atoms with Gasteiger partial charge in [0, 0.05) is 22.7 Å². The van der Waals surface area contributed by atoms with Gasteiger partial charge in [0.05, 0.1) is 5.52 Å². The van der Waals surface area contributed by atoms with Gasteiger partial charge in [-0.1, -0.05) is 47.6 Å². The zero-order chi connectivity index (χ0) is 18.1. The number of hydrogen-bond acceptors (Lipinski definition) is 5. The third kappa shape index (κ3) is 2.84. The lowest BCUT2D eigenvalue weighted by Gasteiger charge is -2.09. The molecule has 5 nitrogen and oxygen atoms in total. The molecule has 4 aromatic rings. The zero-order valence-corrected chi connectivity index (χ0v) is 14.4. The highest BCUT2D eigenvalue weighted by Crippen LogP contribution is 2.29. The molecule has 0 amide bonds. The molecule has 0 aliphatic rings. The monoisotopic (exact) mass is 344 g/mol. The van der Waals surface area contributed by atoms with E-state index in [-0.39, 0.29) is 0 Å². The fourth-order valence-corrected chi connectivity index (χ4v) is 2.91. The Kier molecular flexibility index (Phi) is 3.97. The molecular formula is C21H16N2O3. The molecular weight excluding hydrogens is 328 g/mol. The van der Waals surface area contributed by atoms with E-state index in [1.165, 1.54) is 0 Å². The maximum absolute atomic E-state index is 12.9. The minimum atomic E-state index is -0.502. The quantitative estimate of drug-likeness (QED) is 0.503. The van der Waals surface area contributed by atoms with Crippen LogP contribution in [0.1, 0.15) is 21.8 Å². The molecule has 2 heterocycles. The summed E-state index contributed by atoms with van der Waals surface area (Å²) in [6.45, 7) is 3.57. The average molecular weight is 344 g/mol. The van der Waals surface area contributed by atoms with E-state index in [2.05, 4.69) is 10.1 Å². The van der Waals surface area contributed by atoms with Crippen LogP contribution in [0.15, 0.2) is 65.2 Å². The van der Waals surface area contributed by atoms with Crippen molar-refractivity contribution in [2.24, 2.45) is 0 Å².